The molecule has 0 aromatic heterocycles. The molecule has 0 heterocycles. The molecule has 1 N–H and O–H groups in total. The zero-order valence-corrected chi connectivity index (χ0v) is 15.2. The third-order valence-electron chi connectivity index (χ3n) is 3.50. The number of nitro groups is 1. The van der Waals surface area contributed by atoms with Gasteiger partial charge in [-0.15, -0.1) is 6.58 Å². The van der Waals surface area contributed by atoms with Gasteiger partial charge in [0.15, 0.2) is 0 Å². The van der Waals surface area contributed by atoms with Crippen LogP contribution in [0, 0.1) is 22.0 Å². The van der Waals surface area contributed by atoms with Crippen molar-refractivity contribution in [3.63, 3.8) is 0 Å². The largest absolute Gasteiger partial charge is 0.481 e. The molecule has 138 valence electrons. The normalized spacial score (nSPS) is 9.67. The predicted molar refractivity (Wildman–Crippen MR) is 104 cm³/mol. The monoisotopic (exact) mass is 384 g/mol. The smallest absolute Gasteiger partial charge is 0.282 e. The van der Waals surface area contributed by atoms with Crippen LogP contribution < -0.4 is 10.1 Å². The molecular weight excluding hydrogens is 368 g/mol. The van der Waals surface area contributed by atoms with Gasteiger partial charge < -0.3 is 10.1 Å². The summed E-state index contributed by atoms with van der Waals surface area (Å²) >= 11 is 5.81. The number of benzene rings is 2. The van der Waals surface area contributed by atoms with Crippen LogP contribution in [0.2, 0.25) is 5.02 Å². The fourth-order valence-corrected chi connectivity index (χ4v) is 2.44. The Morgan fingerprint density at radius 3 is 2.81 bits per heavy atom. The van der Waals surface area contributed by atoms with Gasteiger partial charge in [-0.1, -0.05) is 47.7 Å². The molecule has 2 rings (SSSR count). The number of rotatable bonds is 7. The van der Waals surface area contributed by atoms with Gasteiger partial charge >= 0.3 is 0 Å². The van der Waals surface area contributed by atoms with Gasteiger partial charge in [0.25, 0.3) is 11.6 Å². The zero-order chi connectivity index (χ0) is 19.6. The molecule has 1 amide bonds. The Bertz CT molecular complexity index is 916. The van der Waals surface area contributed by atoms with Crippen molar-refractivity contribution in [2.24, 2.45) is 0 Å². The number of nitro benzene ring substituents is 1. The molecule has 0 saturated heterocycles. The summed E-state index contributed by atoms with van der Waals surface area (Å²) in [5.41, 5.74) is 0.590. The fraction of sp³-hybridized carbons (Fsp3) is 0.150. The number of nitrogens with zero attached hydrogens (tertiary/aromatic N) is 1. The Morgan fingerprint density at radius 1 is 1.30 bits per heavy atom. The predicted octanol–water partition coefficient (Wildman–Crippen LogP) is 3.79. The number of nitrogens with one attached hydrogen (secondary N) is 1. The molecule has 6 nitrogen and oxygen atoms in total. The Balaban J connectivity index is 1.89. The van der Waals surface area contributed by atoms with E-state index in [4.69, 9.17) is 16.3 Å². The van der Waals surface area contributed by atoms with E-state index in [2.05, 4.69) is 23.7 Å². The average molecular weight is 385 g/mol. The minimum absolute atomic E-state index is 0.0279. The van der Waals surface area contributed by atoms with Gasteiger partial charge in [0.2, 0.25) is 0 Å². The molecule has 2 aromatic carbocycles. The Hall–Kier alpha value is -3.30. The molecule has 27 heavy (non-hydrogen) atoms. The van der Waals surface area contributed by atoms with Crippen molar-refractivity contribution in [1.82, 2.24) is 5.32 Å². The van der Waals surface area contributed by atoms with E-state index in [0.29, 0.717) is 6.42 Å². The molecule has 7 heteroatoms. The minimum atomic E-state index is -0.633. The van der Waals surface area contributed by atoms with E-state index in [9.17, 15) is 14.9 Å². The summed E-state index contributed by atoms with van der Waals surface area (Å²) < 4.78 is 5.61. The lowest BCUT2D eigenvalue weighted by molar-refractivity contribution is -0.385. The molecule has 0 aliphatic rings. The lowest BCUT2D eigenvalue weighted by Gasteiger charge is -2.07. The van der Waals surface area contributed by atoms with Crippen molar-refractivity contribution >= 4 is 23.2 Å². The molecule has 0 fully saturated rings. The molecule has 0 aliphatic carbocycles. The van der Waals surface area contributed by atoms with Crippen LogP contribution in [0.15, 0.2) is 55.1 Å². The molecule has 2 aromatic rings. The molecule has 0 aliphatic heterocycles. The van der Waals surface area contributed by atoms with Crippen LogP contribution in [0.4, 0.5) is 5.69 Å². The average Bonchev–Trinajstić information content (AvgIpc) is 2.65. The number of para-hydroxylation sites is 1. The van der Waals surface area contributed by atoms with Crippen LogP contribution in [-0.2, 0) is 6.42 Å². The summed E-state index contributed by atoms with van der Waals surface area (Å²) in [4.78, 5) is 22.5. The van der Waals surface area contributed by atoms with Gasteiger partial charge in [-0.25, -0.2) is 0 Å². The van der Waals surface area contributed by atoms with Crippen molar-refractivity contribution in [2.75, 3.05) is 13.2 Å². The number of hydrogen-bond donors (Lipinski definition) is 1. The lowest BCUT2D eigenvalue weighted by atomic mass is 10.1. The van der Waals surface area contributed by atoms with Crippen LogP contribution >= 0.6 is 11.6 Å². The zero-order valence-electron chi connectivity index (χ0n) is 14.4. The SMILES string of the molecule is C=CCc1ccccc1OCC#CCNC(=O)c1cc(Cl)ccc1[N+](=O)[O-]. The summed E-state index contributed by atoms with van der Waals surface area (Å²) in [7, 11) is 0. The second kappa shape index (κ2) is 10.00. The van der Waals surface area contributed by atoms with Crippen LogP contribution in [0.5, 0.6) is 5.75 Å². The second-order valence-electron chi connectivity index (χ2n) is 5.34. The maximum atomic E-state index is 12.1. The molecular formula is C20H17ClN2O4. The van der Waals surface area contributed by atoms with E-state index in [-0.39, 0.29) is 29.4 Å². The third kappa shape index (κ3) is 5.87. The fourth-order valence-electron chi connectivity index (χ4n) is 2.27. The van der Waals surface area contributed by atoms with Gasteiger partial charge in [-0.3, -0.25) is 14.9 Å². The number of ether oxygens (including phenoxy) is 1. The highest BCUT2D eigenvalue weighted by Gasteiger charge is 2.19. The van der Waals surface area contributed by atoms with Crippen LogP contribution in [0.1, 0.15) is 15.9 Å². The number of halogens is 1. The first-order valence-electron chi connectivity index (χ1n) is 8.02. The minimum Gasteiger partial charge on any atom is -0.481 e. The highest BCUT2D eigenvalue weighted by molar-refractivity contribution is 6.31. The van der Waals surface area contributed by atoms with Crippen molar-refractivity contribution in [2.45, 2.75) is 6.42 Å². The Labute approximate surface area is 161 Å². The van der Waals surface area contributed by atoms with Crippen molar-refractivity contribution < 1.29 is 14.5 Å². The molecule has 0 bridgehead atoms. The maximum absolute atomic E-state index is 12.1. The van der Waals surface area contributed by atoms with Gasteiger partial charge in [-0.05, 0) is 30.2 Å². The molecule has 0 atom stereocenters. The van der Waals surface area contributed by atoms with Gasteiger partial charge in [0, 0.05) is 11.1 Å². The number of carbonyl (C=O) groups excluding carboxylic acids is 1. The second-order valence-corrected chi connectivity index (χ2v) is 5.78. The van der Waals surface area contributed by atoms with E-state index >= 15 is 0 Å². The topological polar surface area (TPSA) is 81.5 Å². The van der Waals surface area contributed by atoms with Crippen molar-refractivity contribution in [1.29, 1.82) is 0 Å². The van der Waals surface area contributed by atoms with Gasteiger partial charge in [-0.2, -0.15) is 0 Å². The Kier molecular flexibility index (Phi) is 7.41. The van der Waals surface area contributed by atoms with Crippen molar-refractivity contribution in [3.05, 3.63) is 81.4 Å². The summed E-state index contributed by atoms with van der Waals surface area (Å²) in [6.07, 6.45) is 2.48. The number of allylic oxidation sites excluding steroid dienone is 1. The standard InChI is InChI=1S/C20H17ClN2O4/c1-2-7-15-8-3-4-9-19(15)27-13-6-5-12-22-20(24)17-14-16(21)10-11-18(17)23(25)26/h2-4,8-11,14H,1,7,12-13H2,(H,22,24). The lowest BCUT2D eigenvalue weighted by Crippen LogP contribution is -2.24. The Morgan fingerprint density at radius 2 is 2.07 bits per heavy atom. The first-order valence-corrected chi connectivity index (χ1v) is 8.40. The molecule has 0 saturated carbocycles. The number of amides is 1. The summed E-state index contributed by atoms with van der Waals surface area (Å²) in [6, 6.07) is 11.4. The molecule has 0 spiro atoms. The third-order valence-corrected chi connectivity index (χ3v) is 3.73. The van der Waals surface area contributed by atoms with E-state index in [1.54, 1.807) is 6.08 Å². The number of carbonyl (C=O) groups is 1. The van der Waals surface area contributed by atoms with Crippen LogP contribution in [-0.4, -0.2) is 24.0 Å². The van der Waals surface area contributed by atoms with Gasteiger partial charge in [0.05, 0.1) is 11.5 Å². The van der Waals surface area contributed by atoms with E-state index < -0.39 is 10.8 Å². The first kappa shape index (κ1) is 20.0. The highest BCUT2D eigenvalue weighted by atomic mass is 35.5. The van der Waals surface area contributed by atoms with E-state index in [1.807, 2.05) is 24.3 Å². The van der Waals surface area contributed by atoms with E-state index in [1.165, 1.54) is 18.2 Å². The van der Waals surface area contributed by atoms with Gasteiger partial charge in [0.1, 0.15) is 17.9 Å². The molecule has 0 unspecified atom stereocenters. The molecule has 0 radical (unpaired) electrons. The van der Waals surface area contributed by atoms with E-state index in [0.717, 1.165) is 11.3 Å². The van der Waals surface area contributed by atoms with Crippen molar-refractivity contribution in [3.8, 4) is 17.6 Å². The van der Waals surface area contributed by atoms with Crippen LogP contribution in [0.3, 0.4) is 0 Å². The quantitative estimate of drug-likeness (QED) is 0.341. The highest BCUT2D eigenvalue weighted by Crippen LogP contribution is 2.22. The first-order chi connectivity index (χ1) is 13.0. The summed E-state index contributed by atoms with van der Waals surface area (Å²) in [5.74, 6) is 5.64. The summed E-state index contributed by atoms with van der Waals surface area (Å²) in [5, 5.41) is 13.7. The maximum Gasteiger partial charge on any atom is 0.282 e. The van der Waals surface area contributed by atoms with Crippen LogP contribution in [0.25, 0.3) is 0 Å². The number of hydrogen-bond acceptors (Lipinski definition) is 4. The summed E-state index contributed by atoms with van der Waals surface area (Å²) in [6.45, 7) is 3.89.